The third-order valence-electron chi connectivity index (χ3n) is 3.77. The summed E-state index contributed by atoms with van der Waals surface area (Å²) in [5.41, 5.74) is 1.78. The second-order valence-corrected chi connectivity index (χ2v) is 4.81. The first-order valence-corrected chi connectivity index (χ1v) is 6.20. The van der Waals surface area contributed by atoms with E-state index < -0.39 is 5.41 Å². The molecule has 0 spiro atoms. The van der Waals surface area contributed by atoms with Crippen LogP contribution >= 0.6 is 0 Å². The van der Waals surface area contributed by atoms with Crippen LogP contribution in [-0.4, -0.2) is 0 Å². The van der Waals surface area contributed by atoms with E-state index in [4.69, 9.17) is 0 Å². The van der Waals surface area contributed by atoms with Crippen LogP contribution in [0.5, 0.6) is 0 Å². The molecule has 0 aromatic heterocycles. The smallest absolute Gasteiger partial charge is 0.0859 e. The second-order valence-electron chi connectivity index (χ2n) is 4.81. The van der Waals surface area contributed by atoms with Crippen molar-refractivity contribution in [3.63, 3.8) is 0 Å². The summed E-state index contributed by atoms with van der Waals surface area (Å²) in [7, 11) is 0. The van der Waals surface area contributed by atoms with Gasteiger partial charge in [-0.25, -0.2) is 0 Å². The molecular weight excluding hydrogens is 218 g/mol. The summed E-state index contributed by atoms with van der Waals surface area (Å²) in [6, 6.07) is 22.7. The van der Waals surface area contributed by atoms with Gasteiger partial charge >= 0.3 is 0 Å². The summed E-state index contributed by atoms with van der Waals surface area (Å²) in [5, 5.41) is 9.62. The average molecular weight is 235 g/mol. The number of hydrogen-bond acceptors (Lipinski definition) is 1. The van der Waals surface area contributed by atoms with E-state index in [0.29, 0.717) is 0 Å². The fraction of sp³-hybridized carbons (Fsp3) is 0.235. The van der Waals surface area contributed by atoms with Gasteiger partial charge in [0.15, 0.2) is 0 Å². The molecule has 0 saturated carbocycles. The quantitative estimate of drug-likeness (QED) is 0.779. The number of nitriles is 1. The van der Waals surface area contributed by atoms with E-state index in [1.165, 1.54) is 5.56 Å². The Labute approximate surface area is 109 Å². The number of rotatable bonds is 3. The van der Waals surface area contributed by atoms with Crippen LogP contribution in [0.2, 0.25) is 0 Å². The summed E-state index contributed by atoms with van der Waals surface area (Å²) in [5.74, 6) is 0.158. The monoisotopic (exact) mass is 235 g/mol. The van der Waals surface area contributed by atoms with E-state index >= 15 is 0 Å². The van der Waals surface area contributed by atoms with Gasteiger partial charge in [-0.2, -0.15) is 5.26 Å². The average Bonchev–Trinajstić information content (AvgIpc) is 2.47. The maximum absolute atomic E-state index is 9.62. The predicted octanol–water partition coefficient (Wildman–Crippen LogP) is 4.27. The van der Waals surface area contributed by atoms with Gasteiger partial charge in [-0.15, -0.1) is 0 Å². The molecule has 0 aliphatic rings. The van der Waals surface area contributed by atoms with Crippen LogP contribution in [0.4, 0.5) is 0 Å². The lowest BCUT2D eigenvalue weighted by molar-refractivity contribution is 0.504. The lowest BCUT2D eigenvalue weighted by Gasteiger charge is -2.29. The van der Waals surface area contributed by atoms with Gasteiger partial charge in [0, 0.05) is 5.92 Å². The van der Waals surface area contributed by atoms with Crippen LogP contribution in [0.1, 0.15) is 30.9 Å². The fourth-order valence-electron chi connectivity index (χ4n) is 2.27. The zero-order chi connectivity index (χ0) is 13.0. The molecule has 2 atom stereocenters. The van der Waals surface area contributed by atoms with Crippen molar-refractivity contribution < 1.29 is 0 Å². The highest BCUT2D eigenvalue weighted by Crippen LogP contribution is 2.37. The molecule has 0 fully saturated rings. The Morgan fingerprint density at radius 3 is 1.94 bits per heavy atom. The second kappa shape index (κ2) is 5.06. The SMILES string of the molecule is C[C@H](c1ccccc1)[C@](C)(C#N)c1ccccc1. The molecule has 2 aromatic rings. The van der Waals surface area contributed by atoms with E-state index in [-0.39, 0.29) is 5.92 Å². The van der Waals surface area contributed by atoms with E-state index in [1.54, 1.807) is 0 Å². The van der Waals surface area contributed by atoms with Crippen LogP contribution in [0.3, 0.4) is 0 Å². The van der Waals surface area contributed by atoms with Crippen molar-refractivity contribution in [3.05, 3.63) is 71.8 Å². The largest absolute Gasteiger partial charge is 0.197 e. The predicted molar refractivity (Wildman–Crippen MR) is 74.3 cm³/mol. The van der Waals surface area contributed by atoms with Gasteiger partial charge < -0.3 is 0 Å². The Kier molecular flexibility index (Phi) is 3.48. The van der Waals surface area contributed by atoms with Gasteiger partial charge in [-0.3, -0.25) is 0 Å². The Morgan fingerprint density at radius 1 is 0.944 bits per heavy atom. The van der Waals surface area contributed by atoms with E-state index in [9.17, 15) is 5.26 Å². The molecule has 0 radical (unpaired) electrons. The Morgan fingerprint density at radius 2 is 1.44 bits per heavy atom. The third-order valence-corrected chi connectivity index (χ3v) is 3.77. The molecule has 0 saturated heterocycles. The van der Waals surface area contributed by atoms with Crippen molar-refractivity contribution in [2.45, 2.75) is 25.2 Å². The molecule has 0 amide bonds. The van der Waals surface area contributed by atoms with Gasteiger partial charge in [0.25, 0.3) is 0 Å². The molecule has 0 bridgehead atoms. The van der Waals surface area contributed by atoms with Gasteiger partial charge in [0.1, 0.15) is 0 Å². The van der Waals surface area contributed by atoms with Crippen LogP contribution in [0.25, 0.3) is 0 Å². The van der Waals surface area contributed by atoms with Crippen molar-refractivity contribution in [1.82, 2.24) is 0 Å². The van der Waals surface area contributed by atoms with Crippen molar-refractivity contribution in [2.75, 3.05) is 0 Å². The molecule has 1 nitrogen and oxygen atoms in total. The van der Waals surface area contributed by atoms with Crippen LogP contribution < -0.4 is 0 Å². The van der Waals surface area contributed by atoms with Crippen LogP contribution in [0, 0.1) is 11.3 Å². The molecule has 0 N–H and O–H groups in total. The minimum absolute atomic E-state index is 0.158. The maximum atomic E-state index is 9.62. The summed E-state index contributed by atoms with van der Waals surface area (Å²) in [6.07, 6.45) is 0. The first-order chi connectivity index (χ1) is 8.68. The molecule has 2 aromatic carbocycles. The first-order valence-electron chi connectivity index (χ1n) is 6.20. The Bertz CT molecular complexity index is 539. The zero-order valence-electron chi connectivity index (χ0n) is 10.8. The van der Waals surface area contributed by atoms with Crippen LogP contribution in [0.15, 0.2) is 60.7 Å². The Hall–Kier alpha value is -2.07. The Balaban J connectivity index is 2.43. The minimum atomic E-state index is -0.497. The molecule has 0 heterocycles. The molecule has 2 rings (SSSR count). The number of benzene rings is 2. The first kappa shape index (κ1) is 12.4. The molecule has 18 heavy (non-hydrogen) atoms. The lowest BCUT2D eigenvalue weighted by Crippen LogP contribution is -2.26. The normalized spacial score (nSPS) is 15.4. The standard InChI is InChI=1S/C17H17N/c1-14(15-9-5-3-6-10-15)17(2,13-18)16-11-7-4-8-12-16/h3-12,14H,1-2H3/t14-,17+/m1/s1. The minimum Gasteiger partial charge on any atom is -0.197 e. The fourth-order valence-corrected chi connectivity index (χ4v) is 2.27. The van der Waals surface area contributed by atoms with Gasteiger partial charge in [0.05, 0.1) is 11.5 Å². The summed E-state index contributed by atoms with van der Waals surface area (Å²) >= 11 is 0. The molecule has 0 aliphatic carbocycles. The third kappa shape index (κ3) is 2.15. The van der Waals surface area contributed by atoms with Crippen molar-refractivity contribution in [1.29, 1.82) is 5.26 Å². The van der Waals surface area contributed by atoms with Crippen molar-refractivity contribution in [3.8, 4) is 6.07 Å². The highest BCUT2D eigenvalue weighted by molar-refractivity contribution is 5.38. The summed E-state index contributed by atoms with van der Waals surface area (Å²) < 4.78 is 0. The molecule has 90 valence electrons. The highest BCUT2D eigenvalue weighted by Gasteiger charge is 2.33. The van der Waals surface area contributed by atoms with Crippen LogP contribution in [-0.2, 0) is 5.41 Å². The number of nitrogens with zero attached hydrogens (tertiary/aromatic N) is 1. The van der Waals surface area contributed by atoms with Gasteiger partial charge in [-0.05, 0) is 18.1 Å². The lowest BCUT2D eigenvalue weighted by atomic mass is 9.71. The molecule has 0 unspecified atom stereocenters. The van der Waals surface area contributed by atoms with Crippen molar-refractivity contribution >= 4 is 0 Å². The zero-order valence-corrected chi connectivity index (χ0v) is 10.8. The summed E-state index contributed by atoms with van der Waals surface area (Å²) in [6.45, 7) is 4.13. The number of hydrogen-bond donors (Lipinski definition) is 0. The molecule has 1 heteroatoms. The van der Waals surface area contributed by atoms with Gasteiger partial charge in [0.2, 0.25) is 0 Å². The maximum Gasteiger partial charge on any atom is 0.0859 e. The van der Waals surface area contributed by atoms with E-state index in [0.717, 1.165) is 5.56 Å². The molecular formula is C17H17N. The highest BCUT2D eigenvalue weighted by atomic mass is 14.4. The van der Waals surface area contributed by atoms with Gasteiger partial charge in [-0.1, -0.05) is 67.6 Å². The topological polar surface area (TPSA) is 23.8 Å². The van der Waals surface area contributed by atoms with E-state index in [1.807, 2.05) is 55.5 Å². The van der Waals surface area contributed by atoms with E-state index in [2.05, 4.69) is 25.1 Å². The van der Waals surface area contributed by atoms with Crippen molar-refractivity contribution in [2.24, 2.45) is 0 Å². The summed E-state index contributed by atoms with van der Waals surface area (Å²) in [4.78, 5) is 0. The molecule has 0 aliphatic heterocycles.